The fourth-order valence-electron chi connectivity index (χ4n) is 5.18. The quantitative estimate of drug-likeness (QED) is 0.210. The van der Waals surface area contributed by atoms with Gasteiger partial charge in [0, 0.05) is 35.0 Å². The Bertz CT molecular complexity index is 1260. The van der Waals surface area contributed by atoms with E-state index >= 15 is 0 Å². The normalized spacial score (nSPS) is 30.3. The zero-order valence-electron chi connectivity index (χ0n) is 20.5. The molecule has 2 unspecified atom stereocenters. The number of allylic oxidation sites excluding steroid dienone is 1. The number of carbonyl (C=O) groups is 2. The van der Waals surface area contributed by atoms with Gasteiger partial charge in [-0.25, -0.2) is 0 Å². The second kappa shape index (κ2) is 10.4. The molecule has 0 bridgehead atoms. The Balaban J connectivity index is 1.80. The zero-order chi connectivity index (χ0) is 27.8. The van der Waals surface area contributed by atoms with Crippen LogP contribution < -0.4 is 0 Å². The van der Waals surface area contributed by atoms with Crippen LogP contribution in [0.3, 0.4) is 0 Å². The lowest BCUT2D eigenvalue weighted by Gasteiger charge is -2.35. The maximum Gasteiger partial charge on any atom is 0.315 e. The Morgan fingerprint density at radius 3 is 2.68 bits per heavy atom. The van der Waals surface area contributed by atoms with Crippen molar-refractivity contribution in [3.05, 3.63) is 74.0 Å². The molecule has 3 aliphatic heterocycles. The largest absolute Gasteiger partial charge is 0.461 e. The number of nitro groups is 1. The molecule has 14 nitrogen and oxygen atoms in total. The Morgan fingerprint density at radius 2 is 2.03 bits per heavy atom. The molecule has 4 rings (SSSR count). The molecule has 0 saturated carbocycles. The standard InChI is InChI=1S/C24H25N3O11/c1-4-8-35-23(29)18-13(3)25-12(2)17(19(18)14-6-5-7-15(9-14)26(31)32)21(28)24(30)11-37-20-16(38-27(33)34)10-36-22(20)24/h4-7,9,16,18-20,22,30H,1,8,10-11H2,2-3H3/t16-,18?,19?,20-,22+,24-/m1/s1. The van der Waals surface area contributed by atoms with Gasteiger partial charge < -0.3 is 24.2 Å². The van der Waals surface area contributed by atoms with Crippen LogP contribution in [0.5, 0.6) is 0 Å². The van der Waals surface area contributed by atoms with Gasteiger partial charge in [0.2, 0.25) is 0 Å². The third kappa shape index (κ3) is 4.68. The van der Waals surface area contributed by atoms with Gasteiger partial charge in [-0.1, -0.05) is 24.8 Å². The van der Waals surface area contributed by atoms with E-state index in [0.29, 0.717) is 5.71 Å². The molecule has 6 atom stereocenters. The van der Waals surface area contributed by atoms with Gasteiger partial charge in [-0.3, -0.25) is 24.7 Å². The Kier molecular flexibility index (Phi) is 7.40. The van der Waals surface area contributed by atoms with Crippen molar-refractivity contribution in [2.24, 2.45) is 10.9 Å². The fraction of sp³-hybridized carbons (Fsp3) is 0.458. The molecule has 0 aliphatic carbocycles. The highest BCUT2D eigenvalue weighted by molar-refractivity contribution is 6.11. The number of non-ortho nitro benzene ring substituents is 1. The van der Waals surface area contributed by atoms with Gasteiger partial charge in [0.1, 0.15) is 24.7 Å². The van der Waals surface area contributed by atoms with Crippen molar-refractivity contribution in [1.29, 1.82) is 0 Å². The Morgan fingerprint density at radius 1 is 1.29 bits per heavy atom. The molecule has 3 heterocycles. The minimum absolute atomic E-state index is 0.0920. The highest BCUT2D eigenvalue weighted by atomic mass is 17.0. The van der Waals surface area contributed by atoms with E-state index in [1.807, 2.05) is 0 Å². The van der Waals surface area contributed by atoms with Gasteiger partial charge in [-0.15, -0.1) is 10.1 Å². The van der Waals surface area contributed by atoms with E-state index in [-0.39, 0.29) is 35.7 Å². The molecule has 2 saturated heterocycles. The van der Waals surface area contributed by atoms with Crippen molar-refractivity contribution < 1.29 is 43.8 Å². The number of hydrogen-bond acceptors (Lipinski definition) is 12. The molecular weight excluding hydrogens is 506 g/mol. The summed E-state index contributed by atoms with van der Waals surface area (Å²) < 4.78 is 16.3. The predicted molar refractivity (Wildman–Crippen MR) is 128 cm³/mol. The van der Waals surface area contributed by atoms with Crippen LogP contribution in [-0.4, -0.2) is 76.3 Å². The van der Waals surface area contributed by atoms with Crippen LogP contribution in [0, 0.1) is 26.1 Å². The van der Waals surface area contributed by atoms with Gasteiger partial charge in [0.05, 0.1) is 18.1 Å². The number of aliphatic hydroxyl groups is 1. The predicted octanol–water partition coefficient (Wildman–Crippen LogP) is 1.45. The molecule has 0 aromatic heterocycles. The molecule has 38 heavy (non-hydrogen) atoms. The van der Waals surface area contributed by atoms with Crippen molar-refractivity contribution in [2.75, 3.05) is 19.8 Å². The van der Waals surface area contributed by atoms with Gasteiger partial charge in [-0.2, -0.15) is 0 Å². The summed E-state index contributed by atoms with van der Waals surface area (Å²) in [7, 11) is 0. The number of hydrogen-bond donors (Lipinski definition) is 1. The number of carbonyl (C=O) groups excluding carboxylic acids is 2. The van der Waals surface area contributed by atoms with E-state index < -0.39 is 64.1 Å². The molecule has 2 fully saturated rings. The van der Waals surface area contributed by atoms with Gasteiger partial charge >= 0.3 is 5.97 Å². The highest BCUT2D eigenvalue weighted by Gasteiger charge is 2.62. The summed E-state index contributed by atoms with van der Waals surface area (Å²) in [5, 5.41) is 32.9. The first-order chi connectivity index (χ1) is 18.0. The van der Waals surface area contributed by atoms with Crippen molar-refractivity contribution >= 4 is 23.2 Å². The molecule has 14 heteroatoms. The molecule has 202 valence electrons. The van der Waals surface area contributed by atoms with E-state index in [0.717, 1.165) is 0 Å². The second-order valence-electron chi connectivity index (χ2n) is 9.13. The number of fused-ring (bicyclic) bond motifs is 1. The van der Waals surface area contributed by atoms with Crippen molar-refractivity contribution in [3.8, 4) is 0 Å². The van der Waals surface area contributed by atoms with Gasteiger partial charge in [-0.05, 0) is 19.4 Å². The molecule has 0 spiro atoms. The number of ether oxygens (including phenoxy) is 3. The van der Waals surface area contributed by atoms with Crippen molar-refractivity contribution in [1.82, 2.24) is 0 Å². The lowest BCUT2D eigenvalue weighted by molar-refractivity contribution is -0.769. The summed E-state index contributed by atoms with van der Waals surface area (Å²) in [6, 6.07) is 5.45. The maximum absolute atomic E-state index is 14.1. The van der Waals surface area contributed by atoms with Gasteiger partial charge in [0.25, 0.3) is 10.8 Å². The number of nitro benzene ring substituents is 1. The minimum atomic E-state index is -2.30. The lowest BCUT2D eigenvalue weighted by atomic mass is 9.71. The second-order valence-corrected chi connectivity index (χ2v) is 9.13. The summed E-state index contributed by atoms with van der Waals surface area (Å²) >= 11 is 0. The molecule has 3 aliphatic rings. The van der Waals surface area contributed by atoms with Crippen LogP contribution in [0.15, 0.2) is 53.2 Å². The van der Waals surface area contributed by atoms with Crippen molar-refractivity contribution in [2.45, 2.75) is 43.7 Å². The van der Waals surface area contributed by atoms with E-state index in [1.165, 1.54) is 37.3 Å². The number of nitrogens with zero attached hydrogens (tertiary/aromatic N) is 3. The number of benzene rings is 1. The number of rotatable bonds is 9. The van der Waals surface area contributed by atoms with Crippen LogP contribution in [-0.2, 0) is 28.6 Å². The van der Waals surface area contributed by atoms with E-state index in [9.17, 15) is 34.9 Å². The molecule has 0 amide bonds. The monoisotopic (exact) mass is 531 g/mol. The summed E-state index contributed by atoms with van der Waals surface area (Å²) in [5.74, 6) is -3.91. The number of esters is 1. The maximum atomic E-state index is 14.1. The van der Waals surface area contributed by atoms with Crippen LogP contribution >= 0.6 is 0 Å². The summed E-state index contributed by atoms with van der Waals surface area (Å²) in [6.07, 6.45) is -2.20. The molecule has 1 aromatic rings. The van der Waals surface area contributed by atoms with E-state index in [1.54, 1.807) is 6.92 Å². The Hall–Kier alpha value is -4.01. The molecule has 1 aromatic carbocycles. The Labute approximate surface area is 215 Å². The first-order valence-electron chi connectivity index (χ1n) is 11.6. The summed E-state index contributed by atoms with van der Waals surface area (Å²) in [5.41, 5.74) is -1.94. The molecular formula is C24H25N3O11. The first kappa shape index (κ1) is 27.0. The third-order valence-corrected chi connectivity index (χ3v) is 6.80. The lowest BCUT2D eigenvalue weighted by Crippen LogP contribution is -2.53. The minimum Gasteiger partial charge on any atom is -0.461 e. The average Bonchev–Trinajstić information content (AvgIpc) is 3.42. The van der Waals surface area contributed by atoms with E-state index in [2.05, 4.69) is 16.4 Å². The SMILES string of the molecule is C=CCOC(=O)C1C(C)=NC(C)=C(C(=O)[C@]2(O)CO[C@@H]3[C@H](O[N+](=O)[O-])CO[C@@H]32)C1c1cccc([N+](=O)[O-])c1. The van der Waals surface area contributed by atoms with Crippen molar-refractivity contribution in [3.63, 3.8) is 0 Å². The highest BCUT2D eigenvalue weighted by Crippen LogP contribution is 2.45. The summed E-state index contributed by atoms with van der Waals surface area (Å²) in [4.78, 5) is 57.9. The number of aliphatic imine (C=N–C) groups is 1. The molecule has 0 radical (unpaired) electrons. The zero-order valence-corrected chi connectivity index (χ0v) is 20.5. The van der Waals surface area contributed by atoms with Crippen LogP contribution in [0.2, 0.25) is 0 Å². The number of ketones is 1. The smallest absolute Gasteiger partial charge is 0.315 e. The average molecular weight is 531 g/mol. The first-order valence-corrected chi connectivity index (χ1v) is 11.6. The topological polar surface area (TPSA) is 190 Å². The summed E-state index contributed by atoms with van der Waals surface area (Å²) in [6.45, 7) is 5.61. The number of Topliss-reactive ketones (excluding diaryl/α,β-unsaturated/α-hetero) is 1. The molecule has 1 N–H and O–H groups in total. The van der Waals surface area contributed by atoms with E-state index in [4.69, 9.17) is 14.2 Å². The van der Waals surface area contributed by atoms with Crippen LogP contribution in [0.25, 0.3) is 0 Å². The fourth-order valence-corrected chi connectivity index (χ4v) is 5.18. The third-order valence-electron chi connectivity index (χ3n) is 6.80. The van der Waals surface area contributed by atoms with Gasteiger partial charge in [0.15, 0.2) is 17.5 Å². The van der Waals surface area contributed by atoms with Crippen LogP contribution in [0.4, 0.5) is 5.69 Å². The van der Waals surface area contributed by atoms with Crippen LogP contribution in [0.1, 0.15) is 25.3 Å².